The van der Waals surface area contributed by atoms with Gasteiger partial charge in [-0.25, -0.2) is 0 Å². The van der Waals surface area contributed by atoms with Crippen LogP contribution in [0.15, 0.2) is 0 Å². The molecule has 1 aliphatic carbocycles. The molecule has 1 N–H and O–H groups in total. The zero-order valence-electron chi connectivity index (χ0n) is 8.00. The van der Waals surface area contributed by atoms with E-state index in [0.29, 0.717) is 6.42 Å². The Balaban J connectivity index is 0.00000144. The van der Waals surface area contributed by atoms with Crippen LogP contribution in [0.1, 0.15) is 51.4 Å². The molecule has 0 atom stereocenters. The first-order chi connectivity index (χ1) is 5.79. The molecule has 13 heavy (non-hydrogen) atoms. The molecule has 0 aromatic carbocycles. The fraction of sp³-hybridized carbons (Fsp3) is 0.900. The maximum atomic E-state index is 10.2. The molecule has 76 valence electrons. The van der Waals surface area contributed by atoms with E-state index in [1.807, 2.05) is 0 Å². The normalized spacial score (nSPS) is 17.8. The maximum absolute atomic E-state index is 10.2. The van der Waals surface area contributed by atoms with Crippen LogP contribution in [0.5, 0.6) is 0 Å². The molecule has 0 radical (unpaired) electrons. The van der Waals surface area contributed by atoms with Crippen molar-refractivity contribution in [2.45, 2.75) is 51.4 Å². The summed E-state index contributed by atoms with van der Waals surface area (Å²) in [6.07, 6.45) is 9.13. The van der Waals surface area contributed by atoms with Crippen LogP contribution in [0.25, 0.3) is 0 Å². The van der Waals surface area contributed by atoms with Crippen LogP contribution in [0.3, 0.4) is 0 Å². The Bertz CT molecular complexity index is 142. The van der Waals surface area contributed by atoms with Gasteiger partial charge in [0.25, 0.3) is 0 Å². The van der Waals surface area contributed by atoms with Crippen molar-refractivity contribution in [1.82, 2.24) is 0 Å². The Labute approximate surface area is 94.4 Å². The van der Waals surface area contributed by atoms with E-state index in [1.54, 1.807) is 0 Å². The van der Waals surface area contributed by atoms with Gasteiger partial charge in [0, 0.05) is 27.5 Å². The molecule has 0 aromatic heterocycles. The first-order valence-electron chi connectivity index (χ1n) is 5.01. The minimum absolute atomic E-state index is 0. The number of carboxylic acid groups (broad SMARTS) is 1. The van der Waals surface area contributed by atoms with Crippen molar-refractivity contribution in [3.8, 4) is 0 Å². The summed E-state index contributed by atoms with van der Waals surface area (Å²) >= 11 is 0. The SMILES string of the molecule is O=C(O)CCCC1CCCCC1.[Mo]. The third-order valence-corrected chi connectivity index (χ3v) is 2.73. The molecule has 3 heteroatoms. The summed E-state index contributed by atoms with van der Waals surface area (Å²) in [5.74, 6) is 0.184. The minimum atomic E-state index is -0.647. The zero-order chi connectivity index (χ0) is 8.81. The van der Waals surface area contributed by atoms with Gasteiger partial charge in [0.05, 0.1) is 0 Å². The largest absolute Gasteiger partial charge is 0.481 e. The fourth-order valence-electron chi connectivity index (χ4n) is 2.02. The minimum Gasteiger partial charge on any atom is -0.481 e. The van der Waals surface area contributed by atoms with E-state index in [-0.39, 0.29) is 21.1 Å². The average molecular weight is 266 g/mol. The van der Waals surface area contributed by atoms with Gasteiger partial charge < -0.3 is 5.11 Å². The fourth-order valence-corrected chi connectivity index (χ4v) is 2.02. The van der Waals surface area contributed by atoms with Gasteiger partial charge in [0.1, 0.15) is 0 Å². The number of aliphatic carboxylic acids is 1. The van der Waals surface area contributed by atoms with Gasteiger partial charge in [0.15, 0.2) is 0 Å². The van der Waals surface area contributed by atoms with Crippen LogP contribution in [-0.2, 0) is 25.9 Å². The first kappa shape index (κ1) is 13.2. The molecule has 0 heterocycles. The van der Waals surface area contributed by atoms with Crippen LogP contribution in [-0.4, -0.2) is 11.1 Å². The molecule has 0 unspecified atom stereocenters. The first-order valence-corrected chi connectivity index (χ1v) is 5.01. The van der Waals surface area contributed by atoms with Crippen molar-refractivity contribution >= 4 is 5.97 Å². The Kier molecular flexibility index (Phi) is 7.64. The number of rotatable bonds is 4. The molecule has 0 saturated heterocycles. The Morgan fingerprint density at radius 2 is 1.85 bits per heavy atom. The van der Waals surface area contributed by atoms with Gasteiger partial charge in [0.2, 0.25) is 0 Å². The molecule has 0 amide bonds. The van der Waals surface area contributed by atoms with Crippen molar-refractivity contribution in [3.63, 3.8) is 0 Å². The van der Waals surface area contributed by atoms with Crippen LogP contribution in [0.4, 0.5) is 0 Å². The van der Waals surface area contributed by atoms with Crippen molar-refractivity contribution in [1.29, 1.82) is 0 Å². The summed E-state index contributed by atoms with van der Waals surface area (Å²) in [4.78, 5) is 10.2. The van der Waals surface area contributed by atoms with E-state index >= 15 is 0 Å². The van der Waals surface area contributed by atoms with Crippen molar-refractivity contribution < 1.29 is 31.0 Å². The van der Waals surface area contributed by atoms with Crippen molar-refractivity contribution in [2.24, 2.45) is 5.92 Å². The van der Waals surface area contributed by atoms with E-state index in [4.69, 9.17) is 5.11 Å². The maximum Gasteiger partial charge on any atom is 0.303 e. The molecule has 1 aliphatic rings. The molecule has 0 aliphatic heterocycles. The van der Waals surface area contributed by atoms with E-state index in [1.165, 1.54) is 32.1 Å². The molecule has 1 saturated carbocycles. The molecule has 0 spiro atoms. The number of carboxylic acids is 1. The molecular weight excluding hydrogens is 248 g/mol. The summed E-state index contributed by atoms with van der Waals surface area (Å²) in [5, 5.41) is 8.44. The van der Waals surface area contributed by atoms with Gasteiger partial charge >= 0.3 is 5.97 Å². The van der Waals surface area contributed by atoms with Gasteiger partial charge in [-0.3, -0.25) is 4.79 Å². The van der Waals surface area contributed by atoms with E-state index in [9.17, 15) is 4.79 Å². The Morgan fingerprint density at radius 3 is 2.38 bits per heavy atom. The monoisotopic (exact) mass is 268 g/mol. The second-order valence-corrected chi connectivity index (χ2v) is 3.79. The summed E-state index contributed by atoms with van der Waals surface area (Å²) in [5.41, 5.74) is 0. The second kappa shape index (κ2) is 7.55. The van der Waals surface area contributed by atoms with Gasteiger partial charge in [-0.2, -0.15) is 0 Å². The molecular formula is C10H18MoO2. The molecule has 1 rings (SSSR count). The number of hydrogen-bond donors (Lipinski definition) is 1. The predicted octanol–water partition coefficient (Wildman–Crippen LogP) is 2.82. The summed E-state index contributed by atoms with van der Waals surface area (Å²) in [7, 11) is 0. The smallest absolute Gasteiger partial charge is 0.303 e. The molecule has 0 aromatic rings. The average Bonchev–Trinajstić information content (AvgIpc) is 2.05. The standard InChI is InChI=1S/C10H18O2.Mo/c11-10(12)8-4-7-9-5-2-1-3-6-9;/h9H,1-8H2,(H,11,12);. The van der Waals surface area contributed by atoms with Gasteiger partial charge in [-0.15, -0.1) is 0 Å². The zero-order valence-corrected chi connectivity index (χ0v) is 10.0. The number of carbonyl (C=O) groups is 1. The Morgan fingerprint density at radius 1 is 1.23 bits per heavy atom. The van der Waals surface area contributed by atoms with Crippen LogP contribution >= 0.6 is 0 Å². The third kappa shape index (κ3) is 6.26. The topological polar surface area (TPSA) is 37.3 Å². The van der Waals surface area contributed by atoms with E-state index < -0.39 is 5.97 Å². The quantitative estimate of drug-likeness (QED) is 0.794. The molecule has 2 nitrogen and oxygen atoms in total. The predicted molar refractivity (Wildman–Crippen MR) is 48.1 cm³/mol. The Hall–Kier alpha value is 0.158. The van der Waals surface area contributed by atoms with Crippen molar-refractivity contribution in [3.05, 3.63) is 0 Å². The van der Waals surface area contributed by atoms with Crippen molar-refractivity contribution in [2.75, 3.05) is 0 Å². The summed E-state index contributed by atoms with van der Waals surface area (Å²) in [6.45, 7) is 0. The summed E-state index contributed by atoms with van der Waals surface area (Å²) < 4.78 is 0. The van der Waals surface area contributed by atoms with Gasteiger partial charge in [-0.05, 0) is 18.8 Å². The van der Waals surface area contributed by atoms with E-state index in [2.05, 4.69) is 0 Å². The summed E-state index contributed by atoms with van der Waals surface area (Å²) in [6, 6.07) is 0. The molecule has 0 bridgehead atoms. The van der Waals surface area contributed by atoms with Crippen LogP contribution in [0.2, 0.25) is 0 Å². The van der Waals surface area contributed by atoms with Gasteiger partial charge in [-0.1, -0.05) is 32.1 Å². The third-order valence-electron chi connectivity index (χ3n) is 2.73. The number of hydrogen-bond acceptors (Lipinski definition) is 1. The van der Waals surface area contributed by atoms with Crippen LogP contribution in [0, 0.1) is 5.92 Å². The van der Waals surface area contributed by atoms with Crippen LogP contribution < -0.4 is 0 Å². The second-order valence-electron chi connectivity index (χ2n) is 3.79. The van der Waals surface area contributed by atoms with E-state index in [0.717, 1.165) is 18.8 Å². The molecule has 1 fully saturated rings.